The summed E-state index contributed by atoms with van der Waals surface area (Å²) in [5.74, 6) is -0.385. The number of benzene rings is 1. The van der Waals surface area contributed by atoms with Crippen molar-refractivity contribution in [3.63, 3.8) is 0 Å². The smallest absolute Gasteiger partial charge is 0.376 e. The summed E-state index contributed by atoms with van der Waals surface area (Å²) >= 11 is 0. The molecule has 0 spiro atoms. The molecule has 0 aromatic heterocycles. The quantitative estimate of drug-likeness (QED) is 0.670. The third-order valence-corrected chi connectivity index (χ3v) is 2.85. The molecule has 1 aromatic carbocycles. The molecule has 0 fully saturated rings. The van der Waals surface area contributed by atoms with Gasteiger partial charge >= 0.3 is 6.18 Å². The number of hydrogen-bond donors (Lipinski definition) is 1. The third-order valence-electron chi connectivity index (χ3n) is 2.85. The van der Waals surface area contributed by atoms with Crippen molar-refractivity contribution in [3.05, 3.63) is 33.9 Å². The van der Waals surface area contributed by atoms with Gasteiger partial charge in [-0.1, -0.05) is 0 Å². The molecule has 0 aliphatic heterocycles. The fourth-order valence-corrected chi connectivity index (χ4v) is 1.52. The summed E-state index contributed by atoms with van der Waals surface area (Å²) in [5, 5.41) is 12.9. The number of hydrogen-bond acceptors (Lipinski definition) is 4. The molecular formula is C12H14F3N3O3. The van der Waals surface area contributed by atoms with E-state index in [-0.39, 0.29) is 18.1 Å². The van der Waals surface area contributed by atoms with Gasteiger partial charge in [-0.2, -0.15) is 13.2 Å². The minimum absolute atomic E-state index is 0.328. The molecule has 1 amide bonds. The highest BCUT2D eigenvalue weighted by Gasteiger charge is 2.35. The molecule has 6 nitrogen and oxygen atoms in total. The number of halogens is 3. The number of carbonyl (C=O) groups is 1. The van der Waals surface area contributed by atoms with Crippen molar-refractivity contribution in [3.8, 4) is 0 Å². The minimum Gasteiger partial charge on any atom is -0.376 e. The van der Waals surface area contributed by atoms with Crippen molar-refractivity contribution in [1.82, 2.24) is 4.90 Å². The number of non-ortho nitro benzene ring substituents is 1. The molecular weight excluding hydrogens is 291 g/mol. The maximum atomic E-state index is 12.9. The highest BCUT2D eigenvalue weighted by Crippen LogP contribution is 2.36. The molecule has 21 heavy (non-hydrogen) atoms. The summed E-state index contributed by atoms with van der Waals surface area (Å²) in [6.45, 7) is 1.82. The number of alkyl halides is 3. The lowest BCUT2D eigenvalue weighted by molar-refractivity contribution is -0.385. The van der Waals surface area contributed by atoms with Gasteiger partial charge < -0.3 is 10.2 Å². The molecule has 0 saturated heterocycles. The Morgan fingerprint density at radius 3 is 2.52 bits per heavy atom. The second kappa shape index (κ2) is 6.42. The van der Waals surface area contributed by atoms with Crippen LogP contribution >= 0.6 is 0 Å². The second-order valence-electron chi connectivity index (χ2n) is 4.25. The predicted molar refractivity (Wildman–Crippen MR) is 69.9 cm³/mol. The van der Waals surface area contributed by atoms with Gasteiger partial charge in [0.15, 0.2) is 0 Å². The van der Waals surface area contributed by atoms with Gasteiger partial charge in [-0.05, 0) is 13.0 Å². The summed E-state index contributed by atoms with van der Waals surface area (Å²) in [5.41, 5.74) is -2.21. The second-order valence-corrected chi connectivity index (χ2v) is 4.25. The number of nitro groups is 1. The molecule has 1 aromatic rings. The number of likely N-dealkylation sites (N-methyl/N-ethyl adjacent to an activating group) is 1. The molecule has 0 heterocycles. The van der Waals surface area contributed by atoms with E-state index in [1.54, 1.807) is 6.92 Å². The Hall–Kier alpha value is -2.32. The minimum atomic E-state index is -4.76. The maximum absolute atomic E-state index is 12.9. The zero-order chi connectivity index (χ0) is 16.2. The average molecular weight is 305 g/mol. The molecule has 9 heteroatoms. The first-order chi connectivity index (χ1) is 9.66. The van der Waals surface area contributed by atoms with E-state index in [4.69, 9.17) is 0 Å². The number of nitrogens with one attached hydrogen (secondary N) is 1. The largest absolute Gasteiger partial charge is 0.418 e. The van der Waals surface area contributed by atoms with E-state index in [9.17, 15) is 28.1 Å². The van der Waals surface area contributed by atoms with E-state index in [2.05, 4.69) is 5.32 Å². The lowest BCUT2D eigenvalue weighted by Gasteiger charge is -2.17. The topological polar surface area (TPSA) is 75.5 Å². The SMILES string of the molecule is CCN(C)C(=O)CNc1ccc([N+](=O)[O-])cc1C(F)(F)F. The van der Waals surface area contributed by atoms with E-state index in [0.717, 1.165) is 12.1 Å². The van der Waals surface area contributed by atoms with Crippen LogP contribution in [-0.4, -0.2) is 35.9 Å². The van der Waals surface area contributed by atoms with Crippen LogP contribution in [0.4, 0.5) is 24.5 Å². The van der Waals surface area contributed by atoms with Crippen LogP contribution in [0.25, 0.3) is 0 Å². The number of carbonyl (C=O) groups excluding carboxylic acids is 1. The summed E-state index contributed by atoms with van der Waals surface area (Å²) in [4.78, 5) is 22.5. The van der Waals surface area contributed by atoms with Crippen molar-refractivity contribution in [2.75, 3.05) is 25.5 Å². The average Bonchev–Trinajstić information content (AvgIpc) is 2.42. The van der Waals surface area contributed by atoms with Crippen molar-refractivity contribution in [2.45, 2.75) is 13.1 Å². The van der Waals surface area contributed by atoms with Crippen molar-refractivity contribution in [2.24, 2.45) is 0 Å². The summed E-state index contributed by atoms with van der Waals surface area (Å²) in [6.07, 6.45) is -4.76. The fourth-order valence-electron chi connectivity index (χ4n) is 1.52. The fraction of sp³-hybridized carbons (Fsp3) is 0.417. The summed E-state index contributed by atoms with van der Waals surface area (Å²) in [7, 11) is 1.52. The van der Waals surface area contributed by atoms with Crippen LogP contribution in [0, 0.1) is 10.1 Å². The first kappa shape index (κ1) is 16.7. The van der Waals surface area contributed by atoms with E-state index < -0.39 is 22.4 Å². The molecule has 1 N–H and O–H groups in total. The first-order valence-corrected chi connectivity index (χ1v) is 6.00. The molecule has 0 unspecified atom stereocenters. The van der Waals surface area contributed by atoms with Crippen molar-refractivity contribution in [1.29, 1.82) is 0 Å². The number of anilines is 1. The van der Waals surface area contributed by atoms with Gasteiger partial charge in [0.2, 0.25) is 5.91 Å². The summed E-state index contributed by atoms with van der Waals surface area (Å²) < 4.78 is 38.6. The zero-order valence-corrected chi connectivity index (χ0v) is 11.4. The third kappa shape index (κ3) is 4.33. The molecule has 1 rings (SSSR count). The van der Waals surface area contributed by atoms with E-state index in [1.165, 1.54) is 11.9 Å². The van der Waals surface area contributed by atoms with Gasteiger partial charge in [-0.25, -0.2) is 0 Å². The van der Waals surface area contributed by atoms with E-state index in [0.29, 0.717) is 12.6 Å². The Kier molecular flexibility index (Phi) is 5.12. The van der Waals surface area contributed by atoms with E-state index in [1.807, 2.05) is 0 Å². The van der Waals surface area contributed by atoms with Gasteiger partial charge in [-0.3, -0.25) is 14.9 Å². The van der Waals surface area contributed by atoms with Crippen LogP contribution in [0.15, 0.2) is 18.2 Å². The van der Waals surface area contributed by atoms with Gasteiger partial charge in [0.25, 0.3) is 5.69 Å². The van der Waals surface area contributed by atoms with Crippen molar-refractivity contribution < 1.29 is 22.9 Å². The van der Waals surface area contributed by atoms with Crippen LogP contribution < -0.4 is 5.32 Å². The Morgan fingerprint density at radius 1 is 1.43 bits per heavy atom. The Morgan fingerprint density at radius 2 is 2.05 bits per heavy atom. The number of amides is 1. The van der Waals surface area contributed by atoms with Crippen LogP contribution in [-0.2, 0) is 11.0 Å². The van der Waals surface area contributed by atoms with Crippen LogP contribution in [0.1, 0.15) is 12.5 Å². The molecule has 0 aliphatic rings. The van der Waals surface area contributed by atoms with E-state index >= 15 is 0 Å². The van der Waals surface area contributed by atoms with Crippen molar-refractivity contribution >= 4 is 17.3 Å². The monoisotopic (exact) mass is 305 g/mol. The Labute approximate surface area is 118 Å². The van der Waals surface area contributed by atoms with Crippen LogP contribution in [0.5, 0.6) is 0 Å². The number of nitro benzene ring substituents is 1. The zero-order valence-electron chi connectivity index (χ0n) is 11.4. The highest BCUT2D eigenvalue weighted by atomic mass is 19.4. The highest BCUT2D eigenvalue weighted by molar-refractivity contribution is 5.81. The Bertz CT molecular complexity index is 546. The maximum Gasteiger partial charge on any atom is 0.418 e. The lowest BCUT2D eigenvalue weighted by atomic mass is 10.1. The standard InChI is InChI=1S/C12H14F3N3O3/c1-3-17(2)11(19)7-16-10-5-4-8(18(20)21)6-9(10)12(13,14)15/h4-6,16H,3,7H2,1-2H3. The predicted octanol–water partition coefficient (Wildman–Crippen LogP) is 2.50. The summed E-state index contributed by atoms with van der Waals surface area (Å²) in [6, 6.07) is 2.34. The molecule has 0 saturated carbocycles. The number of nitrogens with zero attached hydrogens (tertiary/aromatic N) is 2. The van der Waals surface area contributed by atoms with Gasteiger partial charge in [0.05, 0.1) is 17.0 Å². The van der Waals surface area contributed by atoms with Gasteiger partial charge in [0.1, 0.15) is 0 Å². The molecule has 0 radical (unpaired) electrons. The Balaban J connectivity index is 3.02. The van der Waals surface area contributed by atoms with Crippen LogP contribution in [0.3, 0.4) is 0 Å². The molecule has 0 bridgehead atoms. The molecule has 0 aliphatic carbocycles. The van der Waals surface area contributed by atoms with Gasteiger partial charge in [-0.15, -0.1) is 0 Å². The molecule has 116 valence electrons. The lowest BCUT2D eigenvalue weighted by Crippen LogP contribution is -2.32. The van der Waals surface area contributed by atoms with Crippen LogP contribution in [0.2, 0.25) is 0 Å². The normalized spacial score (nSPS) is 11.1. The van der Waals surface area contributed by atoms with Gasteiger partial charge in [0, 0.05) is 31.4 Å². The first-order valence-electron chi connectivity index (χ1n) is 6.00. The number of rotatable bonds is 5. The molecule has 0 atom stereocenters.